The van der Waals surface area contributed by atoms with Gasteiger partial charge in [-0.05, 0) is 12.5 Å². The molecule has 1 nitrogen and oxygen atoms in total. The number of hydrogen-bond acceptors (Lipinski definition) is 1. The molecule has 0 aliphatic carbocycles. The third-order valence-corrected chi connectivity index (χ3v) is 0.201. The van der Waals surface area contributed by atoms with Crippen molar-refractivity contribution in [2.45, 2.75) is 21.8 Å². The first-order valence-electron chi connectivity index (χ1n) is 1.38. The van der Waals surface area contributed by atoms with Gasteiger partial charge in [-0.2, -0.15) is 0 Å². The van der Waals surface area contributed by atoms with E-state index in [1.54, 1.807) is 6.92 Å². The highest BCUT2D eigenvalue weighted by Gasteiger charge is 1.66. The molecule has 0 amide bonds. The second kappa shape index (κ2) is 9.05. The molecule has 0 saturated carbocycles. The minimum absolute atomic E-state index is 0. The summed E-state index contributed by atoms with van der Waals surface area (Å²) in [5, 5.41) is 0. The Hall–Kier alpha value is -0.590. The third kappa shape index (κ3) is 31.6. The van der Waals surface area contributed by atoms with Crippen LogP contribution in [0.3, 0.4) is 0 Å². The first-order valence-corrected chi connectivity index (χ1v) is 1.38. The van der Waals surface area contributed by atoms with E-state index in [-0.39, 0.29) is 14.9 Å². The van der Waals surface area contributed by atoms with Gasteiger partial charge < -0.3 is 0 Å². The summed E-state index contributed by atoms with van der Waals surface area (Å²) in [6, 6.07) is 0. The highest BCUT2D eigenvalue weighted by atomic mass is 16.1. The van der Waals surface area contributed by atoms with Crippen molar-refractivity contribution in [1.29, 1.82) is 0 Å². The molecule has 0 aromatic carbocycles. The van der Waals surface area contributed by atoms with Crippen molar-refractivity contribution in [2.24, 2.45) is 0 Å². The van der Waals surface area contributed by atoms with E-state index in [4.69, 9.17) is 0 Å². The van der Waals surface area contributed by atoms with E-state index in [2.05, 4.69) is 6.58 Å². The molecule has 0 N–H and O–H groups in total. The number of allylic oxidation sites excluding steroid dienone is 1. The Kier molecular flexibility index (Phi) is 20.9. The molecule has 0 spiro atoms. The van der Waals surface area contributed by atoms with Gasteiger partial charge in [-0.1, -0.05) is 21.4 Å². The van der Waals surface area contributed by atoms with Gasteiger partial charge in [0.2, 0.25) is 0 Å². The molecule has 0 aliphatic rings. The average Bonchev–Trinajstić information content (AvgIpc) is 1.38. The van der Waals surface area contributed by atoms with Crippen LogP contribution < -0.4 is 0 Å². The molecule has 0 bridgehead atoms. The Morgan fingerprint density at radius 1 is 1.57 bits per heavy atom. The molecule has 0 heterocycles. The number of aldehydes is 1. The van der Waals surface area contributed by atoms with Crippen LogP contribution in [0, 0.1) is 0 Å². The number of rotatable bonds is 1. The number of hydrogen-bond donors (Lipinski definition) is 0. The maximum absolute atomic E-state index is 9.41. The summed E-state index contributed by atoms with van der Waals surface area (Å²) in [6.07, 6.45) is 0.722. The highest BCUT2D eigenvalue weighted by Crippen LogP contribution is 1.70. The minimum atomic E-state index is 0. The lowest BCUT2D eigenvalue weighted by atomic mass is 10.4. The van der Waals surface area contributed by atoms with Crippen LogP contribution >= 0.6 is 0 Å². The fourth-order valence-electron chi connectivity index (χ4n) is 0. The Labute approximate surface area is 46.0 Å². The van der Waals surface area contributed by atoms with Crippen LogP contribution in [-0.2, 0) is 4.79 Å². The fourth-order valence-corrected chi connectivity index (χ4v) is 0. The van der Waals surface area contributed by atoms with E-state index in [0.717, 1.165) is 6.29 Å². The van der Waals surface area contributed by atoms with Crippen molar-refractivity contribution < 1.29 is 4.79 Å². The van der Waals surface area contributed by atoms with Crippen LogP contribution in [-0.4, -0.2) is 6.29 Å². The van der Waals surface area contributed by atoms with Crippen molar-refractivity contribution >= 4 is 6.29 Å². The Balaban J connectivity index is -0.0000000800. The van der Waals surface area contributed by atoms with Crippen LogP contribution in [0.1, 0.15) is 21.8 Å². The lowest BCUT2D eigenvalue weighted by Gasteiger charge is -1.65. The lowest BCUT2D eigenvalue weighted by molar-refractivity contribution is -0.104. The Morgan fingerprint density at radius 2 is 1.71 bits per heavy atom. The third-order valence-electron chi connectivity index (χ3n) is 0.201. The quantitative estimate of drug-likeness (QED) is 0.365. The van der Waals surface area contributed by atoms with Crippen molar-refractivity contribution in [3.63, 3.8) is 0 Å². The largest absolute Gasteiger partial charge is 0.298 e. The molecule has 7 heavy (non-hydrogen) atoms. The molecule has 0 radical (unpaired) electrons. The molecule has 0 saturated heterocycles. The maximum atomic E-state index is 9.41. The Bertz CT molecular complexity index is 55.2. The van der Waals surface area contributed by atoms with E-state index in [1.807, 2.05) is 0 Å². The molecule has 0 aliphatic heterocycles. The Morgan fingerprint density at radius 3 is 1.71 bits per heavy atom. The number of carbonyl (C=O) groups is 1. The van der Waals surface area contributed by atoms with Gasteiger partial charge in [-0.3, -0.25) is 4.79 Å². The fraction of sp³-hybridized carbons (Fsp3) is 0.500. The molecule has 0 unspecified atom stereocenters. The van der Waals surface area contributed by atoms with Crippen molar-refractivity contribution in [3.8, 4) is 0 Å². The SMILES string of the molecule is C.C.C=C(C)C=O. The summed E-state index contributed by atoms with van der Waals surface area (Å²) in [6.45, 7) is 4.97. The molecule has 44 valence electrons. The summed E-state index contributed by atoms with van der Waals surface area (Å²) >= 11 is 0. The van der Waals surface area contributed by atoms with E-state index in [0.29, 0.717) is 5.57 Å². The zero-order valence-corrected chi connectivity index (χ0v) is 3.19. The van der Waals surface area contributed by atoms with E-state index in [1.165, 1.54) is 0 Å². The molecule has 0 fully saturated rings. The second-order valence-electron chi connectivity index (χ2n) is 0.964. The predicted octanol–water partition coefficient (Wildman–Crippen LogP) is 2.03. The summed E-state index contributed by atoms with van der Waals surface area (Å²) in [5.74, 6) is 0. The molecular formula is C6H14O. The molecule has 1 heteroatoms. The lowest BCUT2D eigenvalue weighted by Crippen LogP contribution is -1.65. The van der Waals surface area contributed by atoms with Crippen molar-refractivity contribution in [3.05, 3.63) is 12.2 Å². The zero-order valence-electron chi connectivity index (χ0n) is 3.19. The maximum Gasteiger partial charge on any atom is 0.145 e. The first kappa shape index (κ1) is 16.1. The van der Waals surface area contributed by atoms with Crippen LogP contribution in [0.25, 0.3) is 0 Å². The topological polar surface area (TPSA) is 17.1 Å². The van der Waals surface area contributed by atoms with Crippen LogP contribution in [0.4, 0.5) is 0 Å². The van der Waals surface area contributed by atoms with Crippen LogP contribution in [0.2, 0.25) is 0 Å². The first-order chi connectivity index (χ1) is 2.27. The smallest absolute Gasteiger partial charge is 0.145 e. The van der Waals surface area contributed by atoms with Gasteiger partial charge in [0.15, 0.2) is 0 Å². The second-order valence-corrected chi connectivity index (χ2v) is 0.964. The normalized spacial score (nSPS) is 4.71. The summed E-state index contributed by atoms with van der Waals surface area (Å²) < 4.78 is 0. The van der Waals surface area contributed by atoms with Crippen molar-refractivity contribution in [1.82, 2.24) is 0 Å². The highest BCUT2D eigenvalue weighted by molar-refractivity contribution is 5.70. The van der Waals surface area contributed by atoms with Gasteiger partial charge in [0, 0.05) is 0 Å². The standard InChI is InChI=1S/C4H6O.2CH4/c1-4(2)3-5;;/h3H,1H2,2H3;2*1H4. The summed E-state index contributed by atoms with van der Waals surface area (Å²) in [4.78, 5) is 9.41. The van der Waals surface area contributed by atoms with E-state index in [9.17, 15) is 4.79 Å². The monoisotopic (exact) mass is 102 g/mol. The predicted molar refractivity (Wildman–Crippen MR) is 34.3 cm³/mol. The summed E-state index contributed by atoms with van der Waals surface area (Å²) in [5.41, 5.74) is 0.574. The van der Waals surface area contributed by atoms with Crippen molar-refractivity contribution in [2.75, 3.05) is 0 Å². The van der Waals surface area contributed by atoms with Gasteiger partial charge >= 0.3 is 0 Å². The average molecular weight is 102 g/mol. The number of carbonyl (C=O) groups excluding carboxylic acids is 1. The van der Waals surface area contributed by atoms with Gasteiger partial charge in [0.25, 0.3) is 0 Å². The zero-order chi connectivity index (χ0) is 4.28. The molecule has 0 atom stereocenters. The molecule has 0 rings (SSSR count). The van der Waals surface area contributed by atoms with Crippen LogP contribution in [0.15, 0.2) is 12.2 Å². The van der Waals surface area contributed by atoms with E-state index >= 15 is 0 Å². The van der Waals surface area contributed by atoms with Gasteiger partial charge in [-0.15, -0.1) is 0 Å². The molecule has 0 aromatic heterocycles. The van der Waals surface area contributed by atoms with Gasteiger partial charge in [0.05, 0.1) is 0 Å². The van der Waals surface area contributed by atoms with Crippen LogP contribution in [0.5, 0.6) is 0 Å². The van der Waals surface area contributed by atoms with Gasteiger partial charge in [0.1, 0.15) is 6.29 Å². The summed E-state index contributed by atoms with van der Waals surface area (Å²) in [7, 11) is 0. The van der Waals surface area contributed by atoms with E-state index < -0.39 is 0 Å². The van der Waals surface area contributed by atoms with Gasteiger partial charge in [-0.25, -0.2) is 0 Å². The molecular weight excluding hydrogens is 88.1 g/mol. The minimum Gasteiger partial charge on any atom is -0.298 e. The molecule has 0 aromatic rings.